The summed E-state index contributed by atoms with van der Waals surface area (Å²) in [4.78, 5) is 43.7. The number of carbonyl (C=O) groups is 3. The van der Waals surface area contributed by atoms with Gasteiger partial charge in [0.1, 0.15) is 5.75 Å². The van der Waals surface area contributed by atoms with Gasteiger partial charge in [0, 0.05) is 63.5 Å². The number of hydrogen-bond donors (Lipinski definition) is 1. The Bertz CT molecular complexity index is 1010. The average molecular weight is 465 g/mol. The number of benzene rings is 2. The molecular weight excluding hydrogens is 432 g/mol. The smallest absolute Gasteiger partial charge is 0.251 e. The standard InChI is InChI=1S/C26H32N4O4/c1-19-3-7-22(8-4-19)30-18-21(17-24(30)31)26(33)29-15-13-28(14-16-29)12-11-27-25(32)20-5-9-23(34-2)10-6-20/h3-10,21H,11-18H2,1-2H3,(H,27,32). The van der Waals surface area contributed by atoms with Crippen molar-refractivity contribution < 1.29 is 19.1 Å². The maximum absolute atomic E-state index is 13.1. The predicted molar refractivity (Wildman–Crippen MR) is 130 cm³/mol. The molecule has 4 rings (SSSR count). The number of anilines is 1. The third kappa shape index (κ3) is 5.56. The SMILES string of the molecule is COc1ccc(C(=O)NCCN2CCN(C(=O)C3CC(=O)N(c4ccc(C)cc4)C3)CC2)cc1. The first-order chi connectivity index (χ1) is 16.4. The van der Waals surface area contributed by atoms with E-state index in [2.05, 4.69) is 10.2 Å². The number of nitrogens with one attached hydrogen (secondary N) is 1. The van der Waals surface area contributed by atoms with Crippen molar-refractivity contribution in [2.45, 2.75) is 13.3 Å². The lowest BCUT2D eigenvalue weighted by atomic mass is 10.1. The molecule has 2 aromatic rings. The Morgan fingerprint density at radius 2 is 1.68 bits per heavy atom. The molecule has 8 heteroatoms. The van der Waals surface area contributed by atoms with Crippen LogP contribution in [0.3, 0.4) is 0 Å². The molecular formula is C26H32N4O4. The Morgan fingerprint density at radius 3 is 2.32 bits per heavy atom. The zero-order valence-electron chi connectivity index (χ0n) is 19.8. The number of piperazine rings is 1. The number of hydrogen-bond acceptors (Lipinski definition) is 5. The minimum Gasteiger partial charge on any atom is -0.497 e. The van der Waals surface area contributed by atoms with Crippen LogP contribution in [0.1, 0.15) is 22.3 Å². The highest BCUT2D eigenvalue weighted by Gasteiger charge is 2.37. The number of aryl methyl sites for hydroxylation is 1. The van der Waals surface area contributed by atoms with Gasteiger partial charge >= 0.3 is 0 Å². The summed E-state index contributed by atoms with van der Waals surface area (Å²) in [7, 11) is 1.59. The molecule has 2 aliphatic rings. The molecule has 2 heterocycles. The van der Waals surface area contributed by atoms with Crippen molar-refractivity contribution in [3.8, 4) is 5.75 Å². The number of nitrogens with zero attached hydrogens (tertiary/aromatic N) is 3. The van der Waals surface area contributed by atoms with Gasteiger partial charge in [0.15, 0.2) is 0 Å². The molecule has 0 radical (unpaired) electrons. The fourth-order valence-electron chi connectivity index (χ4n) is 4.47. The molecule has 0 aromatic heterocycles. The molecule has 34 heavy (non-hydrogen) atoms. The first kappa shape index (κ1) is 23.8. The lowest BCUT2D eigenvalue weighted by Crippen LogP contribution is -2.51. The van der Waals surface area contributed by atoms with Gasteiger partial charge in [-0.15, -0.1) is 0 Å². The van der Waals surface area contributed by atoms with E-state index in [-0.39, 0.29) is 30.1 Å². The second-order valence-electron chi connectivity index (χ2n) is 8.89. The van der Waals surface area contributed by atoms with Gasteiger partial charge in [-0.05, 0) is 43.3 Å². The quantitative estimate of drug-likeness (QED) is 0.677. The van der Waals surface area contributed by atoms with Crippen molar-refractivity contribution in [1.29, 1.82) is 0 Å². The van der Waals surface area contributed by atoms with Gasteiger partial charge in [0.2, 0.25) is 11.8 Å². The molecule has 180 valence electrons. The van der Waals surface area contributed by atoms with Crippen LogP contribution in [0.15, 0.2) is 48.5 Å². The maximum Gasteiger partial charge on any atom is 0.251 e. The van der Waals surface area contributed by atoms with Crippen LogP contribution in [-0.2, 0) is 9.59 Å². The average Bonchev–Trinajstić information content (AvgIpc) is 3.26. The summed E-state index contributed by atoms with van der Waals surface area (Å²) in [6.07, 6.45) is 0.268. The summed E-state index contributed by atoms with van der Waals surface area (Å²) in [6, 6.07) is 14.9. The lowest BCUT2D eigenvalue weighted by molar-refractivity contribution is -0.137. The fraction of sp³-hybridized carbons (Fsp3) is 0.423. The molecule has 2 aliphatic heterocycles. The van der Waals surface area contributed by atoms with Gasteiger partial charge in [0.05, 0.1) is 13.0 Å². The zero-order valence-corrected chi connectivity index (χ0v) is 19.8. The van der Waals surface area contributed by atoms with Gasteiger partial charge < -0.3 is 19.9 Å². The number of ether oxygens (including phenoxy) is 1. The van der Waals surface area contributed by atoms with Crippen molar-refractivity contribution in [2.75, 3.05) is 57.8 Å². The molecule has 1 atom stereocenters. The van der Waals surface area contributed by atoms with Gasteiger partial charge in [-0.1, -0.05) is 17.7 Å². The van der Waals surface area contributed by atoms with E-state index in [4.69, 9.17) is 4.74 Å². The zero-order chi connectivity index (χ0) is 24.1. The Morgan fingerprint density at radius 1 is 1.00 bits per heavy atom. The maximum atomic E-state index is 13.1. The van der Waals surface area contributed by atoms with Crippen molar-refractivity contribution in [2.24, 2.45) is 5.92 Å². The summed E-state index contributed by atoms with van der Waals surface area (Å²) in [5, 5.41) is 2.95. The monoisotopic (exact) mass is 464 g/mol. The lowest BCUT2D eigenvalue weighted by Gasteiger charge is -2.35. The van der Waals surface area contributed by atoms with E-state index in [0.717, 1.165) is 30.9 Å². The molecule has 0 saturated carbocycles. The van der Waals surface area contributed by atoms with E-state index in [9.17, 15) is 14.4 Å². The highest BCUT2D eigenvalue weighted by Crippen LogP contribution is 2.27. The summed E-state index contributed by atoms with van der Waals surface area (Å²) in [5.74, 6) is 0.391. The number of rotatable bonds is 7. The molecule has 0 spiro atoms. The topological polar surface area (TPSA) is 82.2 Å². The van der Waals surface area contributed by atoms with E-state index in [0.29, 0.717) is 37.5 Å². The molecule has 0 bridgehead atoms. The van der Waals surface area contributed by atoms with E-state index < -0.39 is 0 Å². The Labute approximate surface area is 200 Å². The number of amides is 3. The van der Waals surface area contributed by atoms with Gasteiger partial charge in [-0.3, -0.25) is 19.3 Å². The largest absolute Gasteiger partial charge is 0.497 e. The molecule has 0 aliphatic carbocycles. The molecule has 2 saturated heterocycles. The highest BCUT2D eigenvalue weighted by atomic mass is 16.5. The second kappa shape index (κ2) is 10.7. The van der Waals surface area contributed by atoms with Crippen LogP contribution >= 0.6 is 0 Å². The molecule has 8 nitrogen and oxygen atoms in total. The van der Waals surface area contributed by atoms with Crippen LogP contribution < -0.4 is 15.0 Å². The van der Waals surface area contributed by atoms with E-state index >= 15 is 0 Å². The van der Waals surface area contributed by atoms with Crippen LogP contribution in [-0.4, -0.2) is 80.4 Å². The van der Waals surface area contributed by atoms with Crippen LogP contribution in [0.25, 0.3) is 0 Å². The number of methoxy groups -OCH3 is 1. The van der Waals surface area contributed by atoms with Crippen LogP contribution in [0, 0.1) is 12.8 Å². The summed E-state index contributed by atoms with van der Waals surface area (Å²) >= 11 is 0. The van der Waals surface area contributed by atoms with Crippen molar-refractivity contribution >= 4 is 23.4 Å². The Balaban J connectivity index is 1.20. The van der Waals surface area contributed by atoms with Gasteiger partial charge in [-0.25, -0.2) is 0 Å². The van der Waals surface area contributed by atoms with Crippen LogP contribution in [0.5, 0.6) is 5.75 Å². The Hall–Kier alpha value is -3.39. The van der Waals surface area contributed by atoms with Crippen molar-refractivity contribution in [1.82, 2.24) is 15.1 Å². The first-order valence-corrected chi connectivity index (χ1v) is 11.7. The van der Waals surface area contributed by atoms with Crippen molar-refractivity contribution in [3.63, 3.8) is 0 Å². The highest BCUT2D eigenvalue weighted by molar-refractivity contribution is 6.00. The third-order valence-corrected chi connectivity index (χ3v) is 6.57. The molecule has 3 amide bonds. The Kier molecular flexibility index (Phi) is 7.47. The molecule has 2 fully saturated rings. The minimum atomic E-state index is -0.288. The normalized spacial score (nSPS) is 18.8. The first-order valence-electron chi connectivity index (χ1n) is 11.7. The van der Waals surface area contributed by atoms with E-state index in [1.54, 1.807) is 36.3 Å². The van der Waals surface area contributed by atoms with E-state index in [1.165, 1.54) is 0 Å². The molecule has 2 aromatic carbocycles. The molecule has 1 N–H and O–H groups in total. The third-order valence-electron chi connectivity index (χ3n) is 6.57. The summed E-state index contributed by atoms with van der Waals surface area (Å²) in [5.41, 5.74) is 2.59. The summed E-state index contributed by atoms with van der Waals surface area (Å²) in [6.45, 7) is 6.52. The van der Waals surface area contributed by atoms with Crippen molar-refractivity contribution in [3.05, 3.63) is 59.7 Å². The fourth-order valence-corrected chi connectivity index (χ4v) is 4.47. The van der Waals surface area contributed by atoms with E-state index in [1.807, 2.05) is 36.1 Å². The van der Waals surface area contributed by atoms with Crippen LogP contribution in [0.4, 0.5) is 5.69 Å². The summed E-state index contributed by atoms with van der Waals surface area (Å²) < 4.78 is 5.12. The van der Waals surface area contributed by atoms with Gasteiger partial charge in [0.25, 0.3) is 5.91 Å². The predicted octanol–water partition coefficient (Wildman–Crippen LogP) is 1.93. The number of carbonyl (C=O) groups excluding carboxylic acids is 3. The van der Waals surface area contributed by atoms with Gasteiger partial charge in [-0.2, -0.15) is 0 Å². The second-order valence-corrected chi connectivity index (χ2v) is 8.89. The van der Waals surface area contributed by atoms with Crippen LogP contribution in [0.2, 0.25) is 0 Å². The minimum absolute atomic E-state index is 0.00782. The molecule has 1 unspecified atom stereocenters.